The number of sulfonamides is 1. The molecule has 0 bridgehead atoms. The van der Waals surface area contributed by atoms with Crippen LogP contribution in [-0.2, 0) is 10.0 Å². The van der Waals surface area contributed by atoms with Gasteiger partial charge in [0, 0.05) is 39.3 Å². The number of nitrogens with one attached hydrogen (secondary N) is 1. The van der Waals surface area contributed by atoms with Crippen molar-refractivity contribution in [1.29, 1.82) is 0 Å². The molecule has 0 spiro atoms. The fraction of sp³-hybridized carbons (Fsp3) is 0.579. The van der Waals surface area contributed by atoms with Gasteiger partial charge in [-0.15, -0.1) is 0 Å². The zero-order valence-electron chi connectivity index (χ0n) is 16.6. The highest BCUT2D eigenvalue weighted by Gasteiger charge is 2.32. The van der Waals surface area contributed by atoms with Crippen molar-refractivity contribution < 1.29 is 17.6 Å². The van der Waals surface area contributed by atoms with E-state index in [2.05, 4.69) is 22.0 Å². The normalized spacial score (nSPS) is 19.1. The van der Waals surface area contributed by atoms with E-state index < -0.39 is 10.0 Å². The second-order valence-electron chi connectivity index (χ2n) is 7.52. The van der Waals surface area contributed by atoms with E-state index in [9.17, 15) is 13.2 Å². The molecular formula is C19H27N5O4S. The van der Waals surface area contributed by atoms with Crippen molar-refractivity contribution in [2.45, 2.75) is 31.3 Å². The van der Waals surface area contributed by atoms with Gasteiger partial charge >= 0.3 is 0 Å². The molecule has 10 heteroatoms. The molecule has 0 saturated carbocycles. The lowest BCUT2D eigenvalue weighted by molar-refractivity contribution is 0.0793. The molecule has 158 valence electrons. The van der Waals surface area contributed by atoms with Crippen LogP contribution in [0, 0.1) is 0 Å². The number of hydrogen-bond acceptors (Lipinski definition) is 6. The fourth-order valence-electron chi connectivity index (χ4n) is 3.96. The molecule has 2 fully saturated rings. The van der Waals surface area contributed by atoms with Crippen molar-refractivity contribution in [1.82, 2.24) is 24.3 Å². The van der Waals surface area contributed by atoms with Crippen LogP contribution >= 0.6 is 0 Å². The predicted octanol–water partition coefficient (Wildman–Crippen LogP) is 1.62. The van der Waals surface area contributed by atoms with Crippen molar-refractivity contribution in [3.05, 3.63) is 23.9 Å². The molecule has 29 heavy (non-hydrogen) atoms. The molecule has 0 radical (unpaired) electrons. The molecular weight excluding hydrogens is 394 g/mol. The number of nitrogens with zero attached hydrogens (tertiary/aromatic N) is 4. The fourth-order valence-corrected chi connectivity index (χ4v) is 5.29. The molecule has 0 aliphatic carbocycles. The van der Waals surface area contributed by atoms with E-state index in [-0.39, 0.29) is 11.0 Å². The molecule has 4 rings (SSSR count). The van der Waals surface area contributed by atoms with E-state index in [1.54, 1.807) is 11.0 Å². The number of aromatic nitrogens is 2. The smallest absolute Gasteiger partial charge is 0.276 e. The van der Waals surface area contributed by atoms with Gasteiger partial charge in [0.25, 0.3) is 15.9 Å². The summed E-state index contributed by atoms with van der Waals surface area (Å²) in [5, 5.41) is 6.66. The third-order valence-corrected chi connectivity index (χ3v) is 7.33. The average Bonchev–Trinajstić information content (AvgIpc) is 3.49. The first-order chi connectivity index (χ1) is 14.0. The summed E-state index contributed by atoms with van der Waals surface area (Å²) < 4.78 is 33.1. The van der Waals surface area contributed by atoms with Gasteiger partial charge in [0.2, 0.25) is 5.09 Å². The van der Waals surface area contributed by atoms with Crippen LogP contribution in [0.3, 0.4) is 0 Å². The number of likely N-dealkylation sites (tertiary alicyclic amines) is 1. The molecule has 1 amide bonds. The number of aromatic amines is 1. The van der Waals surface area contributed by atoms with E-state index in [4.69, 9.17) is 4.42 Å². The summed E-state index contributed by atoms with van der Waals surface area (Å²) >= 11 is 0. The summed E-state index contributed by atoms with van der Waals surface area (Å²) in [5.74, 6) is 0.187. The van der Waals surface area contributed by atoms with Gasteiger partial charge in [-0.25, -0.2) is 8.42 Å². The minimum absolute atomic E-state index is 0.106. The highest BCUT2D eigenvalue weighted by atomic mass is 32.2. The summed E-state index contributed by atoms with van der Waals surface area (Å²) in [7, 11) is -3.71. The molecule has 2 aromatic heterocycles. The van der Waals surface area contributed by atoms with Crippen LogP contribution in [0.4, 0.5) is 0 Å². The van der Waals surface area contributed by atoms with Crippen LogP contribution in [0.1, 0.15) is 36.5 Å². The number of amides is 1. The van der Waals surface area contributed by atoms with E-state index in [1.165, 1.54) is 16.6 Å². The van der Waals surface area contributed by atoms with E-state index in [0.717, 1.165) is 52.0 Å². The summed E-state index contributed by atoms with van der Waals surface area (Å²) in [6.45, 7) is 6.88. The Morgan fingerprint density at radius 1 is 1.14 bits per heavy atom. The van der Waals surface area contributed by atoms with Crippen molar-refractivity contribution in [3.63, 3.8) is 0 Å². The molecule has 1 N–H and O–H groups in total. The maximum Gasteiger partial charge on any atom is 0.276 e. The Hall–Kier alpha value is -2.17. The van der Waals surface area contributed by atoms with Gasteiger partial charge in [-0.1, -0.05) is 6.92 Å². The van der Waals surface area contributed by atoms with Crippen LogP contribution in [-0.4, -0.2) is 84.4 Å². The van der Waals surface area contributed by atoms with Crippen molar-refractivity contribution in [2.75, 3.05) is 45.8 Å². The first-order valence-electron chi connectivity index (χ1n) is 10.2. The third-order valence-electron chi connectivity index (χ3n) is 5.56. The Morgan fingerprint density at radius 3 is 2.55 bits per heavy atom. The van der Waals surface area contributed by atoms with E-state index in [0.29, 0.717) is 30.1 Å². The highest BCUT2D eigenvalue weighted by molar-refractivity contribution is 7.89. The Balaban J connectivity index is 1.52. The highest BCUT2D eigenvalue weighted by Crippen LogP contribution is 2.29. The average molecular weight is 422 g/mol. The number of carbonyl (C=O) groups excluding carboxylic acids is 1. The van der Waals surface area contributed by atoms with Crippen LogP contribution in [0.5, 0.6) is 0 Å². The summed E-state index contributed by atoms with van der Waals surface area (Å²) in [4.78, 5) is 16.8. The first kappa shape index (κ1) is 20.1. The molecule has 2 aliphatic heterocycles. The Kier molecular flexibility index (Phi) is 5.75. The van der Waals surface area contributed by atoms with Gasteiger partial charge in [-0.05, 0) is 37.9 Å². The largest absolute Gasteiger partial charge is 0.442 e. The maximum absolute atomic E-state index is 13.0. The molecule has 2 aromatic rings. The SMILES string of the molecule is CCCN1CCN(S(=O)(=O)c2ccc(-c3[nH]ncc3C(=O)N3CCCC3)o2)CC1. The van der Waals surface area contributed by atoms with Gasteiger partial charge in [0.1, 0.15) is 5.69 Å². The number of piperazine rings is 1. The summed E-state index contributed by atoms with van der Waals surface area (Å²) in [6, 6.07) is 3.03. The number of hydrogen-bond donors (Lipinski definition) is 1. The molecule has 9 nitrogen and oxygen atoms in total. The van der Waals surface area contributed by atoms with Gasteiger partial charge in [0.05, 0.1) is 11.8 Å². The summed E-state index contributed by atoms with van der Waals surface area (Å²) in [5.41, 5.74) is 0.814. The van der Waals surface area contributed by atoms with Crippen LogP contribution in [0.25, 0.3) is 11.5 Å². The van der Waals surface area contributed by atoms with E-state index in [1.807, 2.05) is 0 Å². The van der Waals surface area contributed by atoms with Gasteiger partial charge in [-0.2, -0.15) is 9.40 Å². The van der Waals surface area contributed by atoms with Gasteiger partial charge in [0.15, 0.2) is 5.76 Å². The third kappa shape index (κ3) is 3.96. The Bertz CT molecular complexity index is 953. The number of furan rings is 1. The van der Waals surface area contributed by atoms with Crippen LogP contribution in [0.2, 0.25) is 0 Å². The maximum atomic E-state index is 13.0. The van der Waals surface area contributed by atoms with E-state index >= 15 is 0 Å². The van der Waals surface area contributed by atoms with Gasteiger partial charge in [-0.3, -0.25) is 9.89 Å². The Morgan fingerprint density at radius 2 is 1.86 bits per heavy atom. The van der Waals surface area contributed by atoms with Crippen molar-refractivity contribution in [2.24, 2.45) is 0 Å². The number of H-pyrrole nitrogens is 1. The lowest BCUT2D eigenvalue weighted by atomic mass is 10.2. The second-order valence-corrected chi connectivity index (χ2v) is 9.39. The topological polar surface area (TPSA) is 103 Å². The van der Waals surface area contributed by atoms with Crippen molar-refractivity contribution >= 4 is 15.9 Å². The lowest BCUT2D eigenvalue weighted by Crippen LogP contribution is -2.48. The molecule has 0 unspecified atom stereocenters. The minimum Gasteiger partial charge on any atom is -0.442 e. The zero-order chi connectivity index (χ0) is 20.4. The molecule has 0 atom stereocenters. The number of rotatable bonds is 6. The molecule has 0 aromatic carbocycles. The molecule has 2 saturated heterocycles. The quantitative estimate of drug-likeness (QED) is 0.760. The van der Waals surface area contributed by atoms with Crippen LogP contribution in [0.15, 0.2) is 27.8 Å². The standard InChI is InChI=1S/C19H27N5O4S/c1-2-7-22-10-12-24(13-11-22)29(26,27)17-6-5-16(28-17)18-15(14-20-21-18)19(25)23-8-3-4-9-23/h5-6,14H,2-4,7-13H2,1H3,(H,20,21). The molecule has 2 aliphatic rings. The van der Waals surface area contributed by atoms with Crippen molar-refractivity contribution in [3.8, 4) is 11.5 Å². The monoisotopic (exact) mass is 421 g/mol. The summed E-state index contributed by atoms with van der Waals surface area (Å²) in [6.07, 6.45) is 4.51. The lowest BCUT2D eigenvalue weighted by Gasteiger charge is -2.33. The number of carbonyl (C=O) groups is 1. The zero-order valence-corrected chi connectivity index (χ0v) is 17.4. The Labute approximate surface area is 170 Å². The molecule has 4 heterocycles. The predicted molar refractivity (Wildman–Crippen MR) is 107 cm³/mol. The van der Waals surface area contributed by atoms with Crippen LogP contribution < -0.4 is 0 Å². The second kappa shape index (κ2) is 8.29. The first-order valence-corrected chi connectivity index (χ1v) is 11.6. The van der Waals surface area contributed by atoms with Gasteiger partial charge < -0.3 is 14.2 Å². The minimum atomic E-state index is -3.71.